The Morgan fingerprint density at radius 3 is 2.56 bits per heavy atom. The number of nitrogens with two attached hydrogens (primary N) is 1. The van der Waals surface area contributed by atoms with E-state index in [0.717, 1.165) is 18.5 Å². The Morgan fingerprint density at radius 1 is 1.28 bits per heavy atom. The molecule has 1 saturated carbocycles. The highest BCUT2D eigenvalue weighted by molar-refractivity contribution is 5.93. The Kier molecular flexibility index (Phi) is 4.20. The van der Waals surface area contributed by atoms with Crippen LogP contribution in [-0.4, -0.2) is 25.2 Å². The Morgan fingerprint density at radius 2 is 1.94 bits per heavy atom. The topological polar surface area (TPSA) is 64.3 Å². The minimum absolute atomic E-state index is 0.273. The molecule has 3 N–H and O–H groups in total. The monoisotopic (exact) mass is 248 g/mol. The SMILES string of the molecule is COC1CCCCC1Nc1ccc(C(N)=O)cc1. The van der Waals surface area contributed by atoms with Crippen LogP contribution in [-0.2, 0) is 4.74 Å². The molecule has 1 amide bonds. The number of nitrogens with one attached hydrogen (secondary N) is 1. The molecule has 1 aromatic carbocycles. The molecular formula is C14H20N2O2. The van der Waals surface area contributed by atoms with Crippen LogP contribution in [0.25, 0.3) is 0 Å². The zero-order valence-electron chi connectivity index (χ0n) is 10.7. The third-order valence-electron chi connectivity index (χ3n) is 3.53. The number of carbonyl (C=O) groups is 1. The van der Waals surface area contributed by atoms with Crippen LogP contribution in [0.5, 0.6) is 0 Å². The lowest BCUT2D eigenvalue weighted by atomic mass is 9.92. The fourth-order valence-corrected chi connectivity index (χ4v) is 2.49. The second-order valence-electron chi connectivity index (χ2n) is 4.75. The zero-order chi connectivity index (χ0) is 13.0. The summed E-state index contributed by atoms with van der Waals surface area (Å²) in [6.07, 6.45) is 4.97. The molecule has 1 fully saturated rings. The van der Waals surface area contributed by atoms with Crippen LogP contribution in [0.15, 0.2) is 24.3 Å². The highest BCUT2D eigenvalue weighted by Gasteiger charge is 2.24. The van der Waals surface area contributed by atoms with Gasteiger partial charge in [0.15, 0.2) is 0 Å². The normalized spacial score (nSPS) is 23.6. The number of rotatable bonds is 4. The number of primary amides is 1. The highest BCUT2D eigenvalue weighted by atomic mass is 16.5. The van der Waals surface area contributed by atoms with Crippen LogP contribution >= 0.6 is 0 Å². The molecule has 0 aliphatic heterocycles. The summed E-state index contributed by atoms with van der Waals surface area (Å²) in [5, 5.41) is 3.47. The maximum absolute atomic E-state index is 11.0. The van der Waals surface area contributed by atoms with Crippen molar-refractivity contribution >= 4 is 11.6 Å². The first-order valence-corrected chi connectivity index (χ1v) is 6.40. The van der Waals surface area contributed by atoms with E-state index in [0.29, 0.717) is 11.6 Å². The number of methoxy groups -OCH3 is 1. The van der Waals surface area contributed by atoms with Crippen molar-refractivity contribution in [2.24, 2.45) is 5.73 Å². The van der Waals surface area contributed by atoms with Crippen molar-refractivity contribution in [2.75, 3.05) is 12.4 Å². The molecule has 2 rings (SSSR count). The molecule has 0 heterocycles. The van der Waals surface area contributed by atoms with E-state index in [2.05, 4.69) is 5.32 Å². The number of amides is 1. The van der Waals surface area contributed by atoms with E-state index in [-0.39, 0.29) is 6.10 Å². The minimum atomic E-state index is -0.394. The van der Waals surface area contributed by atoms with Gasteiger partial charge < -0.3 is 15.8 Å². The van der Waals surface area contributed by atoms with E-state index in [4.69, 9.17) is 10.5 Å². The van der Waals surface area contributed by atoms with Crippen molar-refractivity contribution in [3.8, 4) is 0 Å². The molecule has 2 atom stereocenters. The van der Waals surface area contributed by atoms with E-state index in [9.17, 15) is 4.79 Å². The van der Waals surface area contributed by atoms with Crippen molar-refractivity contribution in [3.05, 3.63) is 29.8 Å². The van der Waals surface area contributed by atoms with Crippen LogP contribution in [0.4, 0.5) is 5.69 Å². The molecule has 1 aliphatic rings. The molecule has 2 unspecified atom stereocenters. The Bertz CT molecular complexity index is 403. The molecule has 4 heteroatoms. The lowest BCUT2D eigenvalue weighted by Gasteiger charge is -2.31. The zero-order valence-corrected chi connectivity index (χ0v) is 10.7. The summed E-state index contributed by atoms with van der Waals surface area (Å²) in [6.45, 7) is 0. The van der Waals surface area contributed by atoms with Crippen LogP contribution in [0, 0.1) is 0 Å². The van der Waals surface area contributed by atoms with Gasteiger partial charge in [-0.15, -0.1) is 0 Å². The average molecular weight is 248 g/mol. The molecule has 4 nitrogen and oxygen atoms in total. The van der Waals surface area contributed by atoms with Crippen molar-refractivity contribution in [3.63, 3.8) is 0 Å². The predicted molar refractivity (Wildman–Crippen MR) is 71.6 cm³/mol. The molecular weight excluding hydrogens is 228 g/mol. The molecule has 0 saturated heterocycles. The van der Waals surface area contributed by atoms with Crippen LogP contribution in [0.3, 0.4) is 0 Å². The molecule has 0 radical (unpaired) electrons. The van der Waals surface area contributed by atoms with Gasteiger partial charge in [-0.25, -0.2) is 0 Å². The molecule has 98 valence electrons. The van der Waals surface area contributed by atoms with Crippen LogP contribution in [0.2, 0.25) is 0 Å². The molecule has 0 aromatic heterocycles. The number of ether oxygens (including phenoxy) is 1. The highest BCUT2D eigenvalue weighted by Crippen LogP contribution is 2.24. The van der Waals surface area contributed by atoms with Crippen molar-refractivity contribution in [2.45, 2.75) is 37.8 Å². The maximum atomic E-state index is 11.0. The van der Waals surface area contributed by atoms with Gasteiger partial charge in [-0.1, -0.05) is 12.8 Å². The lowest BCUT2D eigenvalue weighted by Crippen LogP contribution is -2.37. The van der Waals surface area contributed by atoms with Gasteiger partial charge >= 0.3 is 0 Å². The Labute approximate surface area is 108 Å². The quantitative estimate of drug-likeness (QED) is 0.858. The van der Waals surface area contributed by atoms with E-state index < -0.39 is 5.91 Å². The number of hydrogen-bond acceptors (Lipinski definition) is 3. The first-order chi connectivity index (χ1) is 8.70. The molecule has 0 spiro atoms. The van der Waals surface area contributed by atoms with Crippen LogP contribution in [0.1, 0.15) is 36.0 Å². The standard InChI is InChI=1S/C14H20N2O2/c1-18-13-5-3-2-4-12(13)16-11-8-6-10(7-9-11)14(15)17/h6-9,12-13,16H,2-5H2,1H3,(H2,15,17). The van der Waals surface area contributed by atoms with Gasteiger partial charge in [0.05, 0.1) is 12.1 Å². The third kappa shape index (κ3) is 3.01. The summed E-state index contributed by atoms with van der Waals surface area (Å²) in [4.78, 5) is 11.0. The van der Waals surface area contributed by atoms with E-state index in [1.54, 1.807) is 19.2 Å². The minimum Gasteiger partial charge on any atom is -0.380 e. The van der Waals surface area contributed by atoms with Gasteiger partial charge in [-0.2, -0.15) is 0 Å². The number of anilines is 1. The summed E-state index contributed by atoms with van der Waals surface area (Å²) >= 11 is 0. The van der Waals surface area contributed by atoms with E-state index >= 15 is 0 Å². The Balaban J connectivity index is 2.01. The average Bonchev–Trinajstić information content (AvgIpc) is 2.40. The van der Waals surface area contributed by atoms with Crippen molar-refractivity contribution in [1.29, 1.82) is 0 Å². The van der Waals surface area contributed by atoms with Gasteiger partial charge in [-0.05, 0) is 37.1 Å². The van der Waals surface area contributed by atoms with E-state index in [1.807, 2.05) is 12.1 Å². The van der Waals surface area contributed by atoms with Crippen molar-refractivity contribution < 1.29 is 9.53 Å². The molecule has 1 aromatic rings. The van der Waals surface area contributed by atoms with Gasteiger partial charge in [-0.3, -0.25) is 4.79 Å². The summed E-state index contributed by atoms with van der Waals surface area (Å²) in [6, 6.07) is 7.62. The number of carbonyl (C=O) groups excluding carboxylic acids is 1. The second kappa shape index (κ2) is 5.87. The maximum Gasteiger partial charge on any atom is 0.248 e. The fraction of sp³-hybridized carbons (Fsp3) is 0.500. The summed E-state index contributed by atoms with van der Waals surface area (Å²) in [7, 11) is 1.76. The first-order valence-electron chi connectivity index (χ1n) is 6.40. The first kappa shape index (κ1) is 12.9. The van der Waals surface area contributed by atoms with Gasteiger partial charge in [0.2, 0.25) is 5.91 Å². The van der Waals surface area contributed by atoms with Gasteiger partial charge in [0.1, 0.15) is 0 Å². The number of benzene rings is 1. The third-order valence-corrected chi connectivity index (χ3v) is 3.53. The summed E-state index contributed by atoms with van der Waals surface area (Å²) in [5.74, 6) is -0.394. The second-order valence-corrected chi connectivity index (χ2v) is 4.75. The Hall–Kier alpha value is -1.55. The number of hydrogen-bond donors (Lipinski definition) is 2. The van der Waals surface area contributed by atoms with Gasteiger partial charge in [0, 0.05) is 18.4 Å². The predicted octanol–water partition coefficient (Wildman–Crippen LogP) is 2.16. The molecule has 0 bridgehead atoms. The van der Waals surface area contributed by atoms with Crippen LogP contribution < -0.4 is 11.1 Å². The van der Waals surface area contributed by atoms with Crippen molar-refractivity contribution in [1.82, 2.24) is 0 Å². The van der Waals surface area contributed by atoms with Gasteiger partial charge in [0.25, 0.3) is 0 Å². The fourth-order valence-electron chi connectivity index (χ4n) is 2.49. The summed E-state index contributed by atoms with van der Waals surface area (Å²) in [5.41, 5.74) is 6.76. The molecule has 18 heavy (non-hydrogen) atoms. The van der Waals surface area contributed by atoms with E-state index in [1.165, 1.54) is 12.8 Å². The largest absolute Gasteiger partial charge is 0.380 e. The molecule has 1 aliphatic carbocycles. The lowest BCUT2D eigenvalue weighted by molar-refractivity contribution is 0.0606. The smallest absolute Gasteiger partial charge is 0.248 e. The summed E-state index contributed by atoms with van der Waals surface area (Å²) < 4.78 is 5.50.